The summed E-state index contributed by atoms with van der Waals surface area (Å²) in [5.74, 6) is 0. The fourth-order valence-electron chi connectivity index (χ4n) is 1.84. The van der Waals surface area contributed by atoms with E-state index < -0.39 is 0 Å². The van der Waals surface area contributed by atoms with E-state index in [1.165, 1.54) is 19.6 Å². The van der Waals surface area contributed by atoms with Gasteiger partial charge in [-0.05, 0) is 27.2 Å². The Kier molecular flexibility index (Phi) is 2.75. The second-order valence-corrected chi connectivity index (χ2v) is 5.66. The zero-order valence-electron chi connectivity index (χ0n) is 10.1. The van der Waals surface area contributed by atoms with Crippen molar-refractivity contribution in [3.63, 3.8) is 0 Å². The normalized spacial score (nSPS) is 29.5. The lowest BCUT2D eigenvalue weighted by Gasteiger charge is -2.34. The van der Waals surface area contributed by atoms with Crippen LogP contribution in [-0.4, -0.2) is 48.3 Å². The zero-order chi connectivity index (χ0) is 10.3. The molecule has 0 N–H and O–H groups in total. The van der Waals surface area contributed by atoms with E-state index >= 15 is 0 Å². The van der Waals surface area contributed by atoms with Gasteiger partial charge in [0.05, 0.1) is 26.7 Å². The number of quaternary nitrogens is 1. The van der Waals surface area contributed by atoms with Crippen molar-refractivity contribution in [3.8, 4) is 0 Å². The predicted molar refractivity (Wildman–Crippen MR) is 57.5 cm³/mol. The van der Waals surface area contributed by atoms with Crippen LogP contribution < -0.4 is 0 Å². The maximum atomic E-state index is 2.62. The highest BCUT2D eigenvalue weighted by Crippen LogP contribution is 2.27. The highest BCUT2D eigenvalue weighted by atomic mass is 15.5. The van der Waals surface area contributed by atoms with Crippen molar-refractivity contribution in [2.75, 3.05) is 27.3 Å². The molecular weight excluding hydrogens is 160 g/mol. The number of rotatable bonds is 2. The maximum Gasteiger partial charge on any atom is 0.135 e. The summed E-state index contributed by atoms with van der Waals surface area (Å²) < 4.78 is 1.14. The Balaban J connectivity index is 2.69. The van der Waals surface area contributed by atoms with Crippen molar-refractivity contribution in [1.82, 2.24) is 4.90 Å². The van der Waals surface area contributed by atoms with Gasteiger partial charge in [0.2, 0.25) is 0 Å². The first-order chi connectivity index (χ1) is 5.79. The van der Waals surface area contributed by atoms with Crippen molar-refractivity contribution in [1.29, 1.82) is 0 Å². The average molecular weight is 185 g/mol. The standard InChI is InChI=1S/C11H25N2/c1-7-11(3,4)12-8-10(2)13(5,6)9-12/h10H,7-9H2,1-6H3/q+1. The molecule has 2 heteroatoms. The van der Waals surface area contributed by atoms with Gasteiger partial charge in [0.25, 0.3) is 0 Å². The summed E-state index contributed by atoms with van der Waals surface area (Å²) in [5, 5.41) is 0. The molecule has 1 unspecified atom stereocenters. The predicted octanol–water partition coefficient (Wildman–Crippen LogP) is 1.91. The Hall–Kier alpha value is -0.0800. The second kappa shape index (κ2) is 3.25. The zero-order valence-corrected chi connectivity index (χ0v) is 10.1. The average Bonchev–Trinajstić information content (AvgIpc) is 2.28. The van der Waals surface area contributed by atoms with Gasteiger partial charge in [-0.3, -0.25) is 0 Å². The van der Waals surface area contributed by atoms with Gasteiger partial charge in [0.15, 0.2) is 0 Å². The molecule has 78 valence electrons. The van der Waals surface area contributed by atoms with Crippen LogP contribution in [-0.2, 0) is 0 Å². The lowest BCUT2D eigenvalue weighted by molar-refractivity contribution is -0.904. The largest absolute Gasteiger partial charge is 0.313 e. The van der Waals surface area contributed by atoms with Crippen LogP contribution in [0.4, 0.5) is 0 Å². The van der Waals surface area contributed by atoms with Gasteiger partial charge in [-0.2, -0.15) is 0 Å². The number of nitrogens with zero attached hydrogens (tertiary/aromatic N) is 2. The van der Waals surface area contributed by atoms with Crippen LogP contribution in [0.3, 0.4) is 0 Å². The highest BCUT2D eigenvalue weighted by Gasteiger charge is 2.41. The van der Waals surface area contributed by atoms with E-state index in [1.807, 2.05) is 0 Å². The summed E-state index contributed by atoms with van der Waals surface area (Å²) in [4.78, 5) is 2.62. The van der Waals surface area contributed by atoms with E-state index in [4.69, 9.17) is 0 Å². The molecule has 0 saturated carbocycles. The second-order valence-electron chi connectivity index (χ2n) is 5.66. The molecule has 0 aromatic carbocycles. The van der Waals surface area contributed by atoms with Crippen LogP contribution in [0.5, 0.6) is 0 Å². The summed E-state index contributed by atoms with van der Waals surface area (Å²) in [6.45, 7) is 11.8. The Morgan fingerprint density at radius 3 is 2.23 bits per heavy atom. The minimum atomic E-state index is 0.375. The molecule has 1 fully saturated rings. The monoisotopic (exact) mass is 185 g/mol. The lowest BCUT2D eigenvalue weighted by atomic mass is 10.00. The summed E-state index contributed by atoms with van der Waals surface area (Å²) in [7, 11) is 4.66. The molecule has 0 aromatic heterocycles. The molecule has 1 rings (SSSR count). The smallest absolute Gasteiger partial charge is 0.135 e. The summed E-state index contributed by atoms with van der Waals surface area (Å²) in [6.07, 6.45) is 1.24. The number of hydrogen-bond acceptors (Lipinski definition) is 1. The molecule has 0 amide bonds. The molecule has 0 bridgehead atoms. The summed E-state index contributed by atoms with van der Waals surface area (Å²) in [5.41, 5.74) is 0.375. The molecule has 1 heterocycles. The van der Waals surface area contributed by atoms with Crippen LogP contribution in [0.15, 0.2) is 0 Å². The third-order valence-electron chi connectivity index (χ3n) is 3.93. The molecule has 1 aliphatic rings. The minimum Gasteiger partial charge on any atom is -0.313 e. The molecule has 0 radical (unpaired) electrons. The van der Waals surface area contributed by atoms with Crippen LogP contribution >= 0.6 is 0 Å². The molecule has 13 heavy (non-hydrogen) atoms. The topological polar surface area (TPSA) is 3.24 Å². The molecule has 0 spiro atoms. The fraction of sp³-hybridized carbons (Fsp3) is 1.00. The van der Waals surface area contributed by atoms with Gasteiger partial charge in [-0.25, -0.2) is 4.90 Å². The van der Waals surface area contributed by atoms with Crippen molar-refractivity contribution >= 4 is 0 Å². The lowest BCUT2D eigenvalue weighted by Crippen LogP contribution is -2.47. The van der Waals surface area contributed by atoms with E-state index in [0.717, 1.165) is 10.5 Å². The van der Waals surface area contributed by atoms with E-state index in [0.29, 0.717) is 5.54 Å². The van der Waals surface area contributed by atoms with Crippen molar-refractivity contribution in [2.24, 2.45) is 0 Å². The van der Waals surface area contributed by atoms with Gasteiger partial charge in [0.1, 0.15) is 6.67 Å². The highest BCUT2D eigenvalue weighted by molar-refractivity contribution is 4.82. The van der Waals surface area contributed by atoms with Gasteiger partial charge in [-0.15, -0.1) is 0 Å². The molecular formula is C11H25N2+. The van der Waals surface area contributed by atoms with Crippen LogP contribution in [0.2, 0.25) is 0 Å². The van der Waals surface area contributed by atoms with E-state index in [-0.39, 0.29) is 0 Å². The first-order valence-corrected chi connectivity index (χ1v) is 5.37. The third kappa shape index (κ3) is 2.05. The van der Waals surface area contributed by atoms with Crippen LogP contribution in [0.25, 0.3) is 0 Å². The van der Waals surface area contributed by atoms with Gasteiger partial charge in [-0.1, -0.05) is 6.92 Å². The third-order valence-corrected chi connectivity index (χ3v) is 3.93. The van der Waals surface area contributed by atoms with Crippen molar-refractivity contribution in [3.05, 3.63) is 0 Å². The van der Waals surface area contributed by atoms with Crippen molar-refractivity contribution in [2.45, 2.75) is 45.7 Å². The van der Waals surface area contributed by atoms with E-state index in [9.17, 15) is 0 Å². The molecule has 1 saturated heterocycles. The number of hydrogen-bond donors (Lipinski definition) is 0. The number of likely N-dealkylation sites (N-methyl/N-ethyl adjacent to an activating group) is 1. The Labute approximate surface area is 83.1 Å². The van der Waals surface area contributed by atoms with Gasteiger partial charge in [0, 0.05) is 5.54 Å². The Morgan fingerprint density at radius 1 is 1.38 bits per heavy atom. The Morgan fingerprint density at radius 2 is 1.92 bits per heavy atom. The molecule has 2 nitrogen and oxygen atoms in total. The molecule has 0 aromatic rings. The first-order valence-electron chi connectivity index (χ1n) is 5.37. The summed E-state index contributed by atoms with van der Waals surface area (Å²) >= 11 is 0. The van der Waals surface area contributed by atoms with Gasteiger partial charge < -0.3 is 4.48 Å². The maximum absolute atomic E-state index is 2.62. The van der Waals surface area contributed by atoms with Crippen LogP contribution in [0, 0.1) is 0 Å². The minimum absolute atomic E-state index is 0.375. The quantitative estimate of drug-likeness (QED) is 0.594. The molecule has 0 aliphatic carbocycles. The van der Waals surface area contributed by atoms with Crippen molar-refractivity contribution < 1.29 is 4.48 Å². The molecule has 1 aliphatic heterocycles. The van der Waals surface area contributed by atoms with Gasteiger partial charge >= 0.3 is 0 Å². The SMILES string of the molecule is CCC(C)(C)N1CC(C)[N+](C)(C)C1. The summed E-state index contributed by atoms with van der Waals surface area (Å²) in [6, 6.07) is 0.769. The van der Waals surface area contributed by atoms with Crippen LogP contribution in [0.1, 0.15) is 34.1 Å². The molecule has 1 atom stereocenters. The fourth-order valence-corrected chi connectivity index (χ4v) is 1.84. The van der Waals surface area contributed by atoms with E-state index in [1.54, 1.807) is 0 Å². The van der Waals surface area contributed by atoms with E-state index in [2.05, 4.69) is 46.7 Å². The first kappa shape index (κ1) is 11.0. The Bertz CT molecular complexity index is 185.